The number of pyridine rings is 2. The molecular formula is C18H14CaN4O8S2. The van der Waals surface area contributed by atoms with E-state index in [0.29, 0.717) is 10.8 Å². The van der Waals surface area contributed by atoms with Crippen LogP contribution < -0.4 is 11.5 Å². The number of aromatic hydroxyl groups is 2. The molecule has 0 radical (unpaired) electrons. The molecule has 168 valence electrons. The number of anilines is 2. The van der Waals surface area contributed by atoms with E-state index in [2.05, 4.69) is 9.97 Å². The molecule has 0 saturated heterocycles. The summed E-state index contributed by atoms with van der Waals surface area (Å²) in [4.78, 5) is 6.50. The number of phenols is 2. The zero-order chi connectivity index (χ0) is 23.8. The molecule has 2 heterocycles. The smallest absolute Gasteiger partial charge is 0.744 e. The molecule has 15 heteroatoms. The Labute approximate surface area is 217 Å². The fraction of sp³-hybridized carbons (Fsp3) is 0. The summed E-state index contributed by atoms with van der Waals surface area (Å²) in [5.41, 5.74) is 11.8. The molecule has 0 amide bonds. The van der Waals surface area contributed by atoms with Crippen molar-refractivity contribution in [2.45, 2.75) is 9.79 Å². The van der Waals surface area contributed by atoms with Crippen LogP contribution in [-0.4, -0.2) is 83.9 Å². The summed E-state index contributed by atoms with van der Waals surface area (Å²) < 4.78 is 64.5. The molecule has 0 atom stereocenters. The van der Waals surface area contributed by atoms with Crippen LogP contribution in [0.25, 0.3) is 21.8 Å². The van der Waals surface area contributed by atoms with E-state index in [4.69, 9.17) is 11.5 Å². The van der Waals surface area contributed by atoms with Gasteiger partial charge in [0.2, 0.25) is 0 Å². The van der Waals surface area contributed by atoms with Gasteiger partial charge < -0.3 is 30.8 Å². The average Bonchev–Trinajstić information content (AvgIpc) is 2.66. The molecule has 6 N–H and O–H groups in total. The minimum atomic E-state index is -4.55. The van der Waals surface area contributed by atoms with Gasteiger partial charge in [0.15, 0.2) is 0 Å². The Balaban J connectivity index is 0.000000227. The third-order valence-corrected chi connectivity index (χ3v) is 5.70. The van der Waals surface area contributed by atoms with Crippen LogP contribution in [0, 0.1) is 0 Å². The van der Waals surface area contributed by atoms with Crippen molar-refractivity contribution in [3.05, 3.63) is 48.8 Å². The normalized spacial score (nSPS) is 11.5. The number of fused-ring (bicyclic) bond motifs is 2. The van der Waals surface area contributed by atoms with Crippen LogP contribution in [0.3, 0.4) is 0 Å². The van der Waals surface area contributed by atoms with E-state index in [0.717, 1.165) is 24.5 Å². The molecule has 0 bridgehead atoms. The van der Waals surface area contributed by atoms with Crippen molar-refractivity contribution in [1.82, 2.24) is 9.97 Å². The Morgan fingerprint density at radius 2 is 1.00 bits per heavy atom. The van der Waals surface area contributed by atoms with Crippen LogP contribution >= 0.6 is 0 Å². The van der Waals surface area contributed by atoms with Gasteiger partial charge in [-0.25, -0.2) is 16.8 Å². The molecule has 12 nitrogen and oxygen atoms in total. The fourth-order valence-electron chi connectivity index (χ4n) is 2.74. The number of nitrogen functional groups attached to an aromatic ring is 2. The molecule has 2 aromatic heterocycles. The predicted molar refractivity (Wildman–Crippen MR) is 117 cm³/mol. The molecule has 2 aromatic carbocycles. The van der Waals surface area contributed by atoms with Gasteiger partial charge in [-0.3, -0.25) is 9.97 Å². The van der Waals surface area contributed by atoms with Crippen molar-refractivity contribution in [3.8, 4) is 11.5 Å². The Hall–Kier alpha value is -2.46. The Kier molecular flexibility index (Phi) is 7.96. The van der Waals surface area contributed by atoms with E-state index in [1.54, 1.807) is 0 Å². The van der Waals surface area contributed by atoms with E-state index in [1.165, 1.54) is 24.3 Å². The Bertz CT molecular complexity index is 1460. The second kappa shape index (κ2) is 9.80. The van der Waals surface area contributed by atoms with Crippen LogP contribution in [-0.2, 0) is 20.2 Å². The number of hydrogen-bond acceptors (Lipinski definition) is 12. The summed E-state index contributed by atoms with van der Waals surface area (Å²) in [6.07, 6.45) is 1.81. The standard InChI is InChI=1S/2C9H8N2O4S.Ca/c2*10-6-1-5-2-7(16(13,14)15)4-11-9(5)8(12)3-6;/h2*1-4,12H,10H2,(H,13,14,15);/q;;+2/p-2. The molecule has 4 rings (SSSR count). The zero-order valence-corrected chi connectivity index (χ0v) is 20.4. The third-order valence-electron chi connectivity index (χ3n) is 4.10. The first-order chi connectivity index (χ1) is 14.8. The molecule has 0 saturated carbocycles. The summed E-state index contributed by atoms with van der Waals surface area (Å²) in [6, 6.07) is 7.69. The van der Waals surface area contributed by atoms with Gasteiger partial charge in [0, 0.05) is 46.7 Å². The molecule has 0 spiro atoms. The van der Waals surface area contributed by atoms with Crippen molar-refractivity contribution >= 4 is 91.2 Å². The van der Waals surface area contributed by atoms with E-state index < -0.39 is 30.0 Å². The minimum absolute atomic E-state index is 0. The van der Waals surface area contributed by atoms with E-state index >= 15 is 0 Å². The van der Waals surface area contributed by atoms with E-state index in [9.17, 15) is 36.2 Å². The van der Waals surface area contributed by atoms with Crippen LogP contribution in [0.2, 0.25) is 0 Å². The van der Waals surface area contributed by atoms with Crippen LogP contribution in [0.15, 0.2) is 58.6 Å². The molecule has 4 aromatic rings. The maximum absolute atomic E-state index is 10.8. The molecule has 0 fully saturated rings. The number of hydrogen-bond donors (Lipinski definition) is 4. The quantitative estimate of drug-likeness (QED) is 0.161. The number of rotatable bonds is 2. The molecular weight excluding hydrogens is 504 g/mol. The van der Waals surface area contributed by atoms with E-state index in [-0.39, 0.29) is 71.6 Å². The number of phenolic OH excluding ortho intramolecular Hbond substituents is 2. The number of aromatic nitrogens is 2. The summed E-state index contributed by atoms with van der Waals surface area (Å²) in [5.74, 6) is -0.324. The average molecular weight is 519 g/mol. The van der Waals surface area contributed by atoms with Gasteiger partial charge in [-0.15, -0.1) is 0 Å². The summed E-state index contributed by atoms with van der Waals surface area (Å²) in [5, 5.41) is 19.6. The van der Waals surface area contributed by atoms with Crippen molar-refractivity contribution in [3.63, 3.8) is 0 Å². The largest absolute Gasteiger partial charge is 2.00 e. The maximum Gasteiger partial charge on any atom is 2.00 e. The minimum Gasteiger partial charge on any atom is -0.744 e. The summed E-state index contributed by atoms with van der Waals surface area (Å²) in [6.45, 7) is 0. The van der Waals surface area contributed by atoms with Gasteiger partial charge >= 0.3 is 37.7 Å². The molecule has 0 unspecified atom stereocenters. The first kappa shape index (κ1) is 26.8. The van der Waals surface area contributed by atoms with Crippen LogP contribution in [0.5, 0.6) is 11.5 Å². The van der Waals surface area contributed by atoms with Crippen molar-refractivity contribution in [2.75, 3.05) is 11.5 Å². The first-order valence-corrected chi connectivity index (χ1v) is 11.3. The van der Waals surface area contributed by atoms with Gasteiger partial charge in [0.05, 0.1) is 9.79 Å². The van der Waals surface area contributed by atoms with Gasteiger partial charge in [-0.1, -0.05) is 0 Å². The molecule has 0 aliphatic rings. The van der Waals surface area contributed by atoms with Crippen molar-refractivity contribution < 1.29 is 36.2 Å². The summed E-state index contributed by atoms with van der Waals surface area (Å²) in [7, 11) is -9.11. The second-order valence-electron chi connectivity index (χ2n) is 6.47. The summed E-state index contributed by atoms with van der Waals surface area (Å²) >= 11 is 0. The molecule has 0 aliphatic heterocycles. The van der Waals surface area contributed by atoms with Crippen LogP contribution in [0.4, 0.5) is 11.4 Å². The molecule has 33 heavy (non-hydrogen) atoms. The monoisotopic (exact) mass is 518 g/mol. The van der Waals surface area contributed by atoms with Gasteiger partial charge in [0.25, 0.3) is 0 Å². The third kappa shape index (κ3) is 6.32. The van der Waals surface area contributed by atoms with Crippen LogP contribution in [0.1, 0.15) is 0 Å². The van der Waals surface area contributed by atoms with Gasteiger partial charge in [-0.05, 0) is 24.3 Å². The molecule has 0 aliphatic carbocycles. The van der Waals surface area contributed by atoms with Crippen molar-refractivity contribution in [1.29, 1.82) is 0 Å². The Morgan fingerprint density at radius 1 is 0.667 bits per heavy atom. The zero-order valence-electron chi connectivity index (χ0n) is 16.5. The number of nitrogens with zero attached hydrogens (tertiary/aromatic N) is 2. The van der Waals surface area contributed by atoms with Gasteiger partial charge in [0.1, 0.15) is 42.8 Å². The second-order valence-corrected chi connectivity index (χ2v) is 9.23. The van der Waals surface area contributed by atoms with Gasteiger partial charge in [-0.2, -0.15) is 0 Å². The van der Waals surface area contributed by atoms with Crippen molar-refractivity contribution in [2.24, 2.45) is 0 Å². The Morgan fingerprint density at radius 3 is 1.30 bits per heavy atom. The first-order valence-electron chi connectivity index (χ1n) is 8.44. The fourth-order valence-corrected chi connectivity index (χ4v) is 3.65. The SMILES string of the molecule is Nc1cc(O)c2ncc(S(=O)(=O)[O-])cc2c1.Nc1cc(O)c2ncc(S(=O)(=O)[O-])cc2c1.[Ca+2]. The maximum atomic E-state index is 10.8. The van der Waals surface area contributed by atoms with E-state index in [1.807, 2.05) is 0 Å². The predicted octanol–water partition coefficient (Wildman–Crippen LogP) is 0.473. The number of benzene rings is 2. The topological polar surface area (TPSA) is 233 Å². The number of nitrogens with two attached hydrogens (primary N) is 2.